The third kappa shape index (κ3) is 7.39. The van der Waals surface area contributed by atoms with E-state index in [1.54, 1.807) is 4.90 Å². The number of rotatable bonds is 7. The van der Waals surface area contributed by atoms with Gasteiger partial charge in [-0.15, -0.1) is 0 Å². The summed E-state index contributed by atoms with van der Waals surface area (Å²) in [6.45, 7) is 6.01. The molecule has 194 valence electrons. The van der Waals surface area contributed by atoms with Crippen LogP contribution in [-0.2, 0) is 20.8 Å². The van der Waals surface area contributed by atoms with Gasteiger partial charge in [0.2, 0.25) is 5.91 Å². The van der Waals surface area contributed by atoms with E-state index >= 15 is 0 Å². The number of nitrogens with zero attached hydrogens (tertiary/aromatic N) is 2. The molecule has 3 aliphatic heterocycles. The summed E-state index contributed by atoms with van der Waals surface area (Å²) in [4.78, 5) is 29.6. The molecule has 0 radical (unpaired) electrons. The minimum atomic E-state index is -0.723. The Bertz CT molecular complexity index is 825. The molecule has 0 unspecified atom stereocenters. The molecule has 1 aromatic carbocycles. The van der Waals surface area contributed by atoms with Gasteiger partial charge in [0, 0.05) is 32.2 Å². The van der Waals surface area contributed by atoms with E-state index in [1.807, 2.05) is 13.0 Å². The van der Waals surface area contributed by atoms with Crippen LogP contribution in [0.25, 0.3) is 0 Å². The van der Waals surface area contributed by atoms with Crippen LogP contribution in [0.5, 0.6) is 0 Å². The number of benzene rings is 1. The minimum absolute atomic E-state index is 0.0136. The first kappa shape index (κ1) is 25.9. The topological polar surface area (TPSA) is 103 Å². The molecule has 0 saturated carbocycles. The van der Waals surface area contributed by atoms with Crippen LogP contribution in [0.15, 0.2) is 30.3 Å². The van der Waals surface area contributed by atoms with Gasteiger partial charge in [0.25, 0.3) is 0 Å². The van der Waals surface area contributed by atoms with E-state index in [1.165, 1.54) is 5.56 Å². The second kappa shape index (κ2) is 12.7. The van der Waals surface area contributed by atoms with E-state index < -0.39 is 6.10 Å². The van der Waals surface area contributed by atoms with Crippen LogP contribution in [0.2, 0.25) is 0 Å². The minimum Gasteiger partial charge on any atom is -0.389 e. The maximum Gasteiger partial charge on any atom is 0.317 e. The summed E-state index contributed by atoms with van der Waals surface area (Å²) in [6.07, 6.45) is 2.27. The van der Waals surface area contributed by atoms with Crippen LogP contribution in [0, 0.1) is 0 Å². The number of β-amino-alcohol motifs (C(OH)–C–C–N with tert-alkyl or cyclic N) is 1. The summed E-state index contributed by atoms with van der Waals surface area (Å²) in [5.41, 5.74) is 1.29. The normalized spacial score (nSPS) is 29.7. The van der Waals surface area contributed by atoms with Crippen LogP contribution in [-0.4, -0.2) is 96.6 Å². The average molecular weight is 489 g/mol. The van der Waals surface area contributed by atoms with E-state index in [4.69, 9.17) is 9.47 Å². The number of likely N-dealkylation sites (tertiary alicyclic amines) is 1. The molecule has 5 atom stereocenters. The van der Waals surface area contributed by atoms with Gasteiger partial charge in [0.1, 0.15) is 6.10 Å². The summed E-state index contributed by atoms with van der Waals surface area (Å²) < 4.78 is 11.9. The van der Waals surface area contributed by atoms with Crippen molar-refractivity contribution < 1.29 is 24.2 Å². The molecular weight excluding hydrogens is 448 g/mol. The van der Waals surface area contributed by atoms with Crippen LogP contribution >= 0.6 is 0 Å². The highest BCUT2D eigenvalue weighted by atomic mass is 16.5. The first-order chi connectivity index (χ1) is 17.0. The van der Waals surface area contributed by atoms with Crippen molar-refractivity contribution in [2.45, 2.75) is 76.0 Å². The molecule has 3 aliphatic rings. The van der Waals surface area contributed by atoms with Gasteiger partial charge in [0.15, 0.2) is 0 Å². The Labute approximate surface area is 208 Å². The fraction of sp³-hybridized carbons (Fsp3) is 0.692. The summed E-state index contributed by atoms with van der Waals surface area (Å²) >= 11 is 0. The first-order valence-electron chi connectivity index (χ1n) is 13.0. The van der Waals surface area contributed by atoms with Crippen molar-refractivity contribution in [1.29, 1.82) is 0 Å². The number of carbonyl (C=O) groups excluding carboxylic acids is 2. The van der Waals surface area contributed by atoms with E-state index in [9.17, 15) is 14.7 Å². The van der Waals surface area contributed by atoms with E-state index in [-0.39, 0.29) is 49.4 Å². The lowest BCUT2D eigenvalue weighted by atomic mass is 9.95. The summed E-state index contributed by atoms with van der Waals surface area (Å²) in [7, 11) is 0. The fourth-order valence-corrected chi connectivity index (χ4v) is 5.34. The van der Waals surface area contributed by atoms with Crippen molar-refractivity contribution in [3.8, 4) is 0 Å². The quantitative estimate of drug-likeness (QED) is 0.538. The summed E-state index contributed by atoms with van der Waals surface area (Å²) in [5.74, 6) is 0.0136. The maximum absolute atomic E-state index is 12.8. The number of aliphatic hydroxyl groups is 1. The number of hydrogen-bond donors (Lipinski definition) is 3. The molecule has 3 fully saturated rings. The van der Waals surface area contributed by atoms with Crippen molar-refractivity contribution >= 4 is 11.9 Å². The predicted octanol–water partition coefficient (Wildman–Crippen LogP) is 1.50. The zero-order valence-electron chi connectivity index (χ0n) is 20.7. The number of carbonyl (C=O) groups is 2. The Morgan fingerprint density at radius 2 is 1.94 bits per heavy atom. The van der Waals surface area contributed by atoms with Crippen molar-refractivity contribution in [2.75, 3.05) is 39.4 Å². The maximum atomic E-state index is 12.8. The molecule has 3 N–H and O–H groups in total. The van der Waals surface area contributed by atoms with Gasteiger partial charge in [-0.05, 0) is 31.2 Å². The van der Waals surface area contributed by atoms with Crippen LogP contribution < -0.4 is 10.6 Å². The molecule has 3 saturated heterocycles. The van der Waals surface area contributed by atoms with E-state index in [2.05, 4.69) is 39.8 Å². The number of aliphatic hydroxyl groups excluding tert-OH is 1. The summed E-state index contributed by atoms with van der Waals surface area (Å²) in [6, 6.07) is 10.2. The highest BCUT2D eigenvalue weighted by Crippen LogP contribution is 2.28. The molecule has 3 amide bonds. The molecule has 9 heteroatoms. The Morgan fingerprint density at radius 3 is 2.74 bits per heavy atom. The van der Waals surface area contributed by atoms with Crippen LogP contribution in [0.4, 0.5) is 4.79 Å². The van der Waals surface area contributed by atoms with Gasteiger partial charge in [-0.3, -0.25) is 9.69 Å². The van der Waals surface area contributed by atoms with Gasteiger partial charge < -0.3 is 30.1 Å². The molecule has 0 spiro atoms. The Morgan fingerprint density at radius 1 is 1.11 bits per heavy atom. The van der Waals surface area contributed by atoms with Crippen molar-refractivity contribution in [1.82, 2.24) is 20.4 Å². The van der Waals surface area contributed by atoms with E-state index in [0.717, 1.165) is 32.5 Å². The number of hydrogen-bond acceptors (Lipinski definition) is 6. The van der Waals surface area contributed by atoms with Gasteiger partial charge >= 0.3 is 6.03 Å². The lowest BCUT2D eigenvalue weighted by molar-refractivity contribution is -0.150. The molecular formula is C26H40N4O5. The van der Waals surface area contributed by atoms with Crippen LogP contribution in [0.1, 0.15) is 44.6 Å². The molecule has 9 nitrogen and oxygen atoms in total. The van der Waals surface area contributed by atoms with Crippen LogP contribution in [0.3, 0.4) is 0 Å². The molecule has 3 heterocycles. The second-order valence-electron chi connectivity index (χ2n) is 9.99. The van der Waals surface area contributed by atoms with Crippen molar-refractivity contribution in [3.63, 3.8) is 0 Å². The Hall–Kier alpha value is -2.20. The van der Waals surface area contributed by atoms with Gasteiger partial charge in [-0.2, -0.15) is 0 Å². The number of fused-ring (bicyclic) bond motifs is 1. The zero-order chi connectivity index (χ0) is 24.6. The van der Waals surface area contributed by atoms with Crippen molar-refractivity contribution in [3.05, 3.63) is 35.9 Å². The van der Waals surface area contributed by atoms with E-state index in [0.29, 0.717) is 32.4 Å². The lowest BCUT2D eigenvalue weighted by Crippen LogP contribution is -2.59. The number of nitrogens with one attached hydrogen (secondary N) is 2. The molecule has 4 rings (SSSR count). The van der Waals surface area contributed by atoms with Gasteiger partial charge in [0.05, 0.1) is 44.4 Å². The zero-order valence-corrected chi connectivity index (χ0v) is 20.7. The Balaban J connectivity index is 1.26. The molecule has 0 aromatic heterocycles. The first-order valence-corrected chi connectivity index (χ1v) is 13.0. The third-order valence-corrected chi connectivity index (χ3v) is 7.07. The lowest BCUT2D eigenvalue weighted by Gasteiger charge is -2.44. The molecule has 35 heavy (non-hydrogen) atoms. The molecule has 0 bridgehead atoms. The third-order valence-electron chi connectivity index (χ3n) is 7.07. The van der Waals surface area contributed by atoms with Gasteiger partial charge in [-0.1, -0.05) is 37.3 Å². The highest BCUT2D eigenvalue weighted by Gasteiger charge is 2.40. The Kier molecular flexibility index (Phi) is 9.37. The number of amides is 3. The fourth-order valence-electron chi connectivity index (χ4n) is 5.34. The smallest absolute Gasteiger partial charge is 0.317 e. The molecule has 1 aromatic rings. The average Bonchev–Trinajstić information content (AvgIpc) is 3.27. The van der Waals surface area contributed by atoms with Gasteiger partial charge in [-0.25, -0.2) is 4.79 Å². The number of urea groups is 1. The second-order valence-corrected chi connectivity index (χ2v) is 9.99. The number of ether oxygens (including phenoxy) is 2. The monoisotopic (exact) mass is 488 g/mol. The SMILES string of the molecule is CCCNC(=O)N1C[C@@H](O)COC[C@@H]2O[C@@H](CC(=O)N[C@H]3CCN(Cc4ccccc4)C3)CC[C@H]21. The predicted molar refractivity (Wildman–Crippen MR) is 132 cm³/mol. The van der Waals surface area contributed by atoms with Crippen molar-refractivity contribution in [2.24, 2.45) is 0 Å². The summed E-state index contributed by atoms with van der Waals surface area (Å²) in [5, 5.41) is 16.3. The standard InChI is InChI=1S/C26H40N4O5/c1-2-11-27-26(33)30-16-21(31)17-34-18-24-23(30)9-8-22(35-24)13-25(32)28-20-10-12-29(15-20)14-19-6-4-3-5-7-19/h3-7,20-24,31H,2,8-18H2,1H3,(H,27,33)(H,28,32)/t20-,21+,22+,23+,24-/m0/s1. The largest absolute Gasteiger partial charge is 0.389 e. The highest BCUT2D eigenvalue weighted by molar-refractivity contribution is 5.77. The molecule has 0 aliphatic carbocycles.